The van der Waals surface area contributed by atoms with Crippen LogP contribution in [0.3, 0.4) is 0 Å². The van der Waals surface area contributed by atoms with Gasteiger partial charge in [-0.15, -0.1) is 0 Å². The van der Waals surface area contributed by atoms with Crippen molar-refractivity contribution in [3.05, 3.63) is 59.4 Å². The zero-order valence-corrected chi connectivity index (χ0v) is 21.1. The maximum Gasteiger partial charge on any atom is 0.287 e. The summed E-state index contributed by atoms with van der Waals surface area (Å²) in [6.07, 6.45) is 10.7. The average molecular weight is 464 g/mol. The highest BCUT2D eigenvalue weighted by molar-refractivity contribution is 7.99. The molecule has 4 saturated carbocycles. The lowest BCUT2D eigenvalue weighted by Gasteiger charge is -2.57. The highest BCUT2D eigenvalue weighted by Gasteiger charge is 2.52. The van der Waals surface area contributed by atoms with Crippen LogP contribution >= 0.6 is 11.8 Å². The fraction of sp³-hybridized carbons (Fsp3) is 0.419. The third kappa shape index (κ3) is 2.49. The van der Waals surface area contributed by atoms with Crippen LogP contribution in [0.25, 0.3) is 32.9 Å². The smallest absolute Gasteiger partial charge is 0.232 e. The van der Waals surface area contributed by atoms with E-state index in [1.807, 2.05) is 11.8 Å². The monoisotopic (exact) mass is 463 g/mol. The second kappa shape index (κ2) is 6.63. The lowest BCUT2D eigenvalue weighted by atomic mass is 9.48. The number of fused-ring (bicyclic) bond motifs is 3. The fourth-order valence-corrected chi connectivity index (χ4v) is 10.1. The molecule has 9 rings (SSSR count). The van der Waals surface area contributed by atoms with E-state index in [-0.39, 0.29) is 0 Å². The van der Waals surface area contributed by atoms with Crippen LogP contribution in [-0.4, -0.2) is 4.98 Å². The van der Waals surface area contributed by atoms with E-state index in [9.17, 15) is 0 Å². The molecule has 4 bridgehead atoms. The Labute approximate surface area is 205 Å². The first-order valence-electron chi connectivity index (χ1n) is 13.0. The summed E-state index contributed by atoms with van der Waals surface area (Å²) in [5, 5.41) is 4.12. The normalized spacial score (nSPS) is 28.6. The van der Waals surface area contributed by atoms with Crippen molar-refractivity contribution in [1.82, 2.24) is 4.98 Å². The third-order valence-electron chi connectivity index (χ3n) is 9.82. The number of rotatable bonds is 1. The molecule has 5 aliphatic rings. The van der Waals surface area contributed by atoms with Crippen LogP contribution in [0.4, 0.5) is 0 Å². The van der Waals surface area contributed by atoms with Crippen molar-refractivity contribution < 1.29 is 4.57 Å². The van der Waals surface area contributed by atoms with Gasteiger partial charge in [0.05, 0.1) is 12.4 Å². The van der Waals surface area contributed by atoms with Gasteiger partial charge in [-0.05, 0) is 120 Å². The van der Waals surface area contributed by atoms with Crippen molar-refractivity contribution in [3.63, 3.8) is 0 Å². The predicted molar refractivity (Wildman–Crippen MR) is 139 cm³/mol. The maximum atomic E-state index is 5.01. The van der Waals surface area contributed by atoms with Gasteiger partial charge in [-0.2, -0.15) is 0 Å². The van der Waals surface area contributed by atoms with Crippen LogP contribution in [-0.2, 0) is 12.5 Å². The number of hydrogen-bond donors (Lipinski definition) is 0. The summed E-state index contributed by atoms with van der Waals surface area (Å²) in [7, 11) is 2.17. The third-order valence-corrected chi connectivity index (χ3v) is 11.1. The predicted octanol–water partition coefficient (Wildman–Crippen LogP) is 7.43. The minimum Gasteiger partial charge on any atom is -0.232 e. The topological polar surface area (TPSA) is 16.8 Å². The second-order valence-corrected chi connectivity index (χ2v) is 12.9. The van der Waals surface area contributed by atoms with Gasteiger partial charge in [0.2, 0.25) is 0 Å². The Hall–Kier alpha value is -2.39. The summed E-state index contributed by atoms with van der Waals surface area (Å²) < 4.78 is 2.26. The molecule has 2 nitrogen and oxygen atoms in total. The molecule has 0 amide bonds. The van der Waals surface area contributed by atoms with Gasteiger partial charge in [0.25, 0.3) is 6.33 Å². The van der Waals surface area contributed by atoms with Gasteiger partial charge < -0.3 is 0 Å². The largest absolute Gasteiger partial charge is 0.287 e. The van der Waals surface area contributed by atoms with Crippen molar-refractivity contribution >= 4 is 33.4 Å². The SMILES string of the molecule is Cc1c2c(c(C)c3ccccc13)-c1c3c(cc(C45CC6CC(CC(C6)C4)C5)cc3nc[n+]1C)S2. The molecule has 4 aromatic rings. The van der Waals surface area contributed by atoms with Gasteiger partial charge in [0, 0.05) is 15.4 Å². The van der Waals surface area contributed by atoms with Crippen LogP contribution in [0.1, 0.15) is 55.2 Å². The summed E-state index contributed by atoms with van der Waals surface area (Å²) >= 11 is 2.00. The van der Waals surface area contributed by atoms with Gasteiger partial charge in [-0.3, -0.25) is 0 Å². The van der Waals surface area contributed by atoms with Gasteiger partial charge in [0.15, 0.2) is 5.52 Å². The molecule has 3 heteroatoms. The van der Waals surface area contributed by atoms with Crippen molar-refractivity contribution in [3.8, 4) is 11.3 Å². The van der Waals surface area contributed by atoms with Crippen LogP contribution in [0.15, 0.2) is 52.5 Å². The number of aromatic nitrogens is 2. The Kier molecular flexibility index (Phi) is 3.88. The van der Waals surface area contributed by atoms with E-state index in [0.29, 0.717) is 5.41 Å². The van der Waals surface area contributed by atoms with E-state index < -0.39 is 0 Å². The molecule has 0 radical (unpaired) electrons. The molecular weight excluding hydrogens is 432 g/mol. The summed E-state index contributed by atoms with van der Waals surface area (Å²) in [6.45, 7) is 4.63. The number of aryl methyl sites for hydroxylation is 3. The van der Waals surface area contributed by atoms with Crippen molar-refractivity contribution in [2.24, 2.45) is 24.8 Å². The van der Waals surface area contributed by atoms with Gasteiger partial charge in [0.1, 0.15) is 5.69 Å². The van der Waals surface area contributed by atoms with E-state index in [0.717, 1.165) is 17.8 Å². The summed E-state index contributed by atoms with van der Waals surface area (Å²) in [4.78, 5) is 7.87. The quantitative estimate of drug-likeness (QED) is 0.240. The molecule has 0 N–H and O–H groups in total. The molecule has 0 spiro atoms. The Morgan fingerprint density at radius 3 is 2.24 bits per heavy atom. The van der Waals surface area contributed by atoms with Crippen LogP contribution in [0, 0.1) is 31.6 Å². The average Bonchev–Trinajstić information content (AvgIpc) is 2.83. The Balaban J connectivity index is 1.41. The van der Waals surface area contributed by atoms with Crippen molar-refractivity contribution in [2.75, 3.05) is 0 Å². The van der Waals surface area contributed by atoms with Gasteiger partial charge in [-0.1, -0.05) is 36.0 Å². The molecule has 2 heterocycles. The van der Waals surface area contributed by atoms with E-state index >= 15 is 0 Å². The first-order chi connectivity index (χ1) is 16.5. The standard InChI is InChI=1S/C31H31N2S/c1-17-23-6-4-5-7-24(23)18(2)30-27(17)29-28-25(32-16-33(29)3)11-22(12-26(28)34-30)31-13-19-8-20(14-31)10-21(9-19)15-31/h4-7,11-12,16,19-21H,8-10,13-15H2,1-3H3/q+1. The minimum atomic E-state index is 0.397. The molecule has 4 aliphatic carbocycles. The fourth-order valence-electron chi connectivity index (χ4n) is 8.75. The number of hydrogen-bond acceptors (Lipinski definition) is 2. The lowest BCUT2D eigenvalue weighted by molar-refractivity contribution is -0.662. The molecule has 4 fully saturated rings. The van der Waals surface area contributed by atoms with E-state index in [4.69, 9.17) is 4.98 Å². The number of nitrogens with zero attached hydrogens (tertiary/aromatic N) is 2. The van der Waals surface area contributed by atoms with E-state index in [1.54, 1.807) is 5.56 Å². The van der Waals surface area contributed by atoms with Crippen LogP contribution in [0.5, 0.6) is 0 Å². The highest BCUT2D eigenvalue weighted by Crippen LogP contribution is 2.62. The molecule has 0 atom stereocenters. The first kappa shape index (κ1) is 19.9. The molecule has 0 saturated heterocycles. The molecule has 0 unspecified atom stereocenters. The molecule has 3 aromatic carbocycles. The minimum absolute atomic E-state index is 0.397. The van der Waals surface area contributed by atoms with E-state index in [2.05, 4.69) is 68.2 Å². The second-order valence-electron chi connectivity index (χ2n) is 11.9. The molecule has 1 aromatic heterocycles. The Morgan fingerprint density at radius 1 is 0.912 bits per heavy atom. The highest BCUT2D eigenvalue weighted by atomic mass is 32.2. The van der Waals surface area contributed by atoms with Crippen LogP contribution in [0.2, 0.25) is 0 Å². The Morgan fingerprint density at radius 2 is 1.56 bits per heavy atom. The first-order valence-corrected chi connectivity index (χ1v) is 13.9. The zero-order valence-electron chi connectivity index (χ0n) is 20.3. The van der Waals surface area contributed by atoms with E-state index in [1.165, 1.54) is 92.4 Å². The maximum absolute atomic E-state index is 5.01. The summed E-state index contributed by atoms with van der Waals surface area (Å²) in [5.41, 5.74) is 8.74. The zero-order chi connectivity index (χ0) is 22.8. The summed E-state index contributed by atoms with van der Waals surface area (Å²) in [5.74, 6) is 2.88. The molecule has 170 valence electrons. The summed E-state index contributed by atoms with van der Waals surface area (Å²) in [6, 6.07) is 14.0. The molecule has 1 aliphatic heterocycles. The van der Waals surface area contributed by atoms with Gasteiger partial charge in [-0.25, -0.2) is 4.57 Å². The van der Waals surface area contributed by atoms with Crippen molar-refractivity contribution in [2.45, 2.75) is 67.6 Å². The van der Waals surface area contributed by atoms with Gasteiger partial charge >= 0.3 is 0 Å². The van der Waals surface area contributed by atoms with Crippen molar-refractivity contribution in [1.29, 1.82) is 0 Å². The molecular formula is C31H31N2S+. The number of benzene rings is 3. The molecule has 34 heavy (non-hydrogen) atoms. The Bertz CT molecular complexity index is 1510. The lowest BCUT2D eigenvalue weighted by Crippen LogP contribution is -2.48. The van der Waals surface area contributed by atoms with Crippen LogP contribution < -0.4 is 4.57 Å².